The molecule has 140 valence electrons. The molecule has 1 heterocycles. The van der Waals surface area contributed by atoms with E-state index >= 15 is 0 Å². The molecule has 2 rings (SSSR count). The van der Waals surface area contributed by atoms with Gasteiger partial charge in [0.15, 0.2) is 9.84 Å². The van der Waals surface area contributed by atoms with Gasteiger partial charge in [-0.15, -0.1) is 0 Å². The summed E-state index contributed by atoms with van der Waals surface area (Å²) in [6, 6.07) is 3.22. The van der Waals surface area contributed by atoms with Gasteiger partial charge in [-0.25, -0.2) is 16.8 Å². The average molecular weight is 391 g/mol. The van der Waals surface area contributed by atoms with E-state index in [-0.39, 0.29) is 22.1 Å². The molecule has 0 aromatic heterocycles. The molecule has 1 aromatic carbocycles. The zero-order valence-electron chi connectivity index (χ0n) is 14.2. The van der Waals surface area contributed by atoms with E-state index in [4.69, 9.17) is 4.74 Å². The molecule has 0 radical (unpaired) electrons. The highest BCUT2D eigenvalue weighted by Crippen LogP contribution is 2.34. The number of hydrogen-bond acceptors (Lipinski definition) is 6. The Bertz CT molecular complexity index is 877. The number of nitrogens with zero attached hydrogens (tertiary/aromatic N) is 1. The Morgan fingerprint density at radius 3 is 2.40 bits per heavy atom. The van der Waals surface area contributed by atoms with E-state index in [0.717, 1.165) is 16.6 Å². The molecule has 2 unspecified atom stereocenters. The van der Waals surface area contributed by atoms with E-state index in [1.54, 1.807) is 6.92 Å². The van der Waals surface area contributed by atoms with Gasteiger partial charge in [-0.05, 0) is 38.0 Å². The predicted octanol–water partition coefficient (Wildman–Crippen LogP) is 0.972. The maximum Gasteiger partial charge on any atom is 0.307 e. The molecule has 0 aliphatic carbocycles. The lowest BCUT2D eigenvalue weighted by atomic mass is 9.96. The smallest absolute Gasteiger partial charge is 0.307 e. The summed E-state index contributed by atoms with van der Waals surface area (Å²) in [7, 11) is -6.45. The Hall–Kier alpha value is -1.65. The molecular formula is C15H21NO7S2. The Kier molecular flexibility index (Phi) is 5.45. The molecule has 0 bridgehead atoms. The van der Waals surface area contributed by atoms with Gasteiger partial charge in [-0.2, -0.15) is 4.31 Å². The van der Waals surface area contributed by atoms with Crippen LogP contribution in [0.1, 0.15) is 19.8 Å². The highest BCUT2D eigenvalue weighted by Gasteiger charge is 2.39. The van der Waals surface area contributed by atoms with E-state index in [1.807, 2.05) is 0 Å². The molecule has 1 N–H and O–H groups in total. The van der Waals surface area contributed by atoms with Crippen molar-refractivity contribution in [2.24, 2.45) is 5.92 Å². The number of carboxylic acid groups (broad SMARTS) is 1. The second-order valence-corrected chi connectivity index (χ2v) is 10.00. The molecule has 2 atom stereocenters. The van der Waals surface area contributed by atoms with E-state index < -0.39 is 37.8 Å². The van der Waals surface area contributed by atoms with Crippen LogP contribution in [0.2, 0.25) is 0 Å². The van der Waals surface area contributed by atoms with E-state index in [0.29, 0.717) is 12.8 Å². The van der Waals surface area contributed by atoms with Crippen LogP contribution in [0.5, 0.6) is 5.75 Å². The van der Waals surface area contributed by atoms with Gasteiger partial charge in [-0.1, -0.05) is 0 Å². The fourth-order valence-corrected chi connectivity index (χ4v) is 5.44. The third-order valence-electron chi connectivity index (χ3n) is 4.32. The number of hydrogen-bond donors (Lipinski definition) is 1. The lowest BCUT2D eigenvalue weighted by Crippen LogP contribution is -2.47. The first-order valence-electron chi connectivity index (χ1n) is 7.61. The van der Waals surface area contributed by atoms with Crippen molar-refractivity contribution in [2.45, 2.75) is 35.6 Å². The van der Waals surface area contributed by atoms with Crippen molar-refractivity contribution in [3.05, 3.63) is 18.2 Å². The van der Waals surface area contributed by atoms with E-state index in [9.17, 15) is 26.7 Å². The monoisotopic (exact) mass is 391 g/mol. The normalized spacial score (nSPS) is 22.5. The number of benzene rings is 1. The van der Waals surface area contributed by atoms with Gasteiger partial charge in [-0.3, -0.25) is 4.79 Å². The maximum absolute atomic E-state index is 13.1. The van der Waals surface area contributed by atoms with Crippen molar-refractivity contribution < 1.29 is 31.5 Å². The number of piperidine rings is 1. The van der Waals surface area contributed by atoms with Crippen molar-refractivity contribution in [3.8, 4) is 5.75 Å². The van der Waals surface area contributed by atoms with Crippen LogP contribution < -0.4 is 4.74 Å². The summed E-state index contributed by atoms with van der Waals surface area (Å²) in [5, 5.41) is 9.20. The SMILES string of the molecule is COc1ccc(S(C)(=O)=O)cc1S(=O)(=O)N1CC(C(=O)O)CCC1C. The third-order valence-corrected chi connectivity index (χ3v) is 7.44. The van der Waals surface area contributed by atoms with Crippen LogP contribution in [-0.4, -0.2) is 58.2 Å². The minimum atomic E-state index is -4.12. The van der Waals surface area contributed by atoms with Gasteiger partial charge in [0.05, 0.1) is 17.9 Å². The summed E-state index contributed by atoms with van der Waals surface area (Å²) < 4.78 is 55.9. The lowest BCUT2D eigenvalue weighted by molar-refractivity contribution is -0.143. The first-order valence-corrected chi connectivity index (χ1v) is 10.9. The molecule has 8 nitrogen and oxygen atoms in total. The molecule has 0 spiro atoms. The minimum absolute atomic E-state index is 0.0112. The van der Waals surface area contributed by atoms with Gasteiger partial charge in [0, 0.05) is 18.8 Å². The topological polar surface area (TPSA) is 118 Å². The van der Waals surface area contributed by atoms with Crippen molar-refractivity contribution in [2.75, 3.05) is 19.9 Å². The van der Waals surface area contributed by atoms with Crippen LogP contribution in [0, 0.1) is 5.92 Å². The van der Waals surface area contributed by atoms with Gasteiger partial charge in [0.2, 0.25) is 10.0 Å². The van der Waals surface area contributed by atoms with E-state index in [2.05, 4.69) is 0 Å². The molecule has 0 amide bonds. The first kappa shape index (κ1) is 19.7. The molecule has 10 heteroatoms. The molecule has 1 aliphatic heterocycles. The highest BCUT2D eigenvalue weighted by atomic mass is 32.2. The van der Waals surface area contributed by atoms with Crippen LogP contribution >= 0.6 is 0 Å². The third kappa shape index (κ3) is 3.96. The number of aliphatic carboxylic acids is 1. The summed E-state index contributed by atoms with van der Waals surface area (Å²) in [6.07, 6.45) is 1.78. The number of sulfone groups is 1. The summed E-state index contributed by atoms with van der Waals surface area (Å²) in [5.41, 5.74) is 0. The molecule has 1 aliphatic rings. The average Bonchev–Trinajstić information content (AvgIpc) is 2.53. The van der Waals surface area contributed by atoms with E-state index in [1.165, 1.54) is 19.2 Å². The zero-order valence-corrected chi connectivity index (χ0v) is 15.8. The molecule has 1 fully saturated rings. The quantitative estimate of drug-likeness (QED) is 0.794. The largest absolute Gasteiger partial charge is 0.495 e. The van der Waals surface area contributed by atoms with Crippen LogP contribution in [0.15, 0.2) is 28.0 Å². The summed E-state index contributed by atoms with van der Waals surface area (Å²) >= 11 is 0. The lowest BCUT2D eigenvalue weighted by Gasteiger charge is -2.35. The summed E-state index contributed by atoms with van der Waals surface area (Å²) in [6.45, 7) is 1.54. The van der Waals surface area contributed by atoms with Crippen LogP contribution in [0.3, 0.4) is 0 Å². The Labute approximate surface area is 147 Å². The van der Waals surface area contributed by atoms with Crippen LogP contribution in [0.4, 0.5) is 0 Å². The molecule has 25 heavy (non-hydrogen) atoms. The van der Waals surface area contributed by atoms with Gasteiger partial charge >= 0.3 is 5.97 Å². The fraction of sp³-hybridized carbons (Fsp3) is 0.533. The number of carboxylic acids is 1. The van der Waals surface area contributed by atoms with Gasteiger partial charge in [0.25, 0.3) is 0 Å². The van der Waals surface area contributed by atoms with Crippen molar-refractivity contribution >= 4 is 25.8 Å². The van der Waals surface area contributed by atoms with Crippen molar-refractivity contribution in [1.29, 1.82) is 0 Å². The standard InChI is InChI=1S/C15H21NO7S2/c1-10-4-5-11(15(17)18)9-16(10)25(21,22)14-8-12(24(3,19)20)6-7-13(14)23-2/h6-8,10-11H,4-5,9H2,1-3H3,(H,17,18). The molecular weight excluding hydrogens is 370 g/mol. The molecule has 1 saturated heterocycles. The molecule has 0 saturated carbocycles. The van der Waals surface area contributed by atoms with Crippen molar-refractivity contribution in [1.82, 2.24) is 4.31 Å². The first-order chi connectivity index (χ1) is 11.5. The maximum atomic E-state index is 13.1. The minimum Gasteiger partial charge on any atom is -0.495 e. The summed E-state index contributed by atoms with van der Waals surface area (Å²) in [4.78, 5) is 10.8. The second kappa shape index (κ2) is 6.93. The Morgan fingerprint density at radius 1 is 1.24 bits per heavy atom. The molecule has 1 aromatic rings. The van der Waals surface area contributed by atoms with Gasteiger partial charge in [0.1, 0.15) is 10.6 Å². The number of carbonyl (C=O) groups is 1. The van der Waals surface area contributed by atoms with Crippen LogP contribution in [0.25, 0.3) is 0 Å². The van der Waals surface area contributed by atoms with Crippen LogP contribution in [-0.2, 0) is 24.7 Å². The van der Waals surface area contributed by atoms with Gasteiger partial charge < -0.3 is 9.84 Å². The number of ether oxygens (including phenoxy) is 1. The van der Waals surface area contributed by atoms with Crippen molar-refractivity contribution in [3.63, 3.8) is 0 Å². The zero-order chi connectivity index (χ0) is 19.0. The fourth-order valence-electron chi connectivity index (χ4n) is 2.83. The Balaban J connectivity index is 2.56. The highest BCUT2D eigenvalue weighted by molar-refractivity contribution is 7.91. The number of methoxy groups -OCH3 is 1. The Morgan fingerprint density at radius 2 is 1.88 bits per heavy atom. The summed E-state index contributed by atoms with van der Waals surface area (Å²) in [5.74, 6) is -1.84. The second-order valence-electron chi connectivity index (χ2n) is 6.12. The number of sulfonamides is 1. The number of rotatable bonds is 5. The predicted molar refractivity (Wildman–Crippen MR) is 89.8 cm³/mol.